The zero-order valence-electron chi connectivity index (χ0n) is 8.55. The lowest BCUT2D eigenvalue weighted by molar-refractivity contribution is 0.0815. The van der Waals surface area contributed by atoms with Crippen molar-refractivity contribution in [2.75, 3.05) is 11.5 Å². The molecule has 0 radical (unpaired) electrons. The van der Waals surface area contributed by atoms with Crippen molar-refractivity contribution in [3.63, 3.8) is 0 Å². The first kappa shape index (κ1) is 12.3. The zero-order valence-corrected chi connectivity index (χ0v) is 9.37. The molecule has 3 N–H and O–H groups in total. The standard InChI is InChI=1S/C9H21NOS/c1-5-9(4,11)7-12-6-8(2,3)10/h11H,5-7,10H2,1-4H3. The summed E-state index contributed by atoms with van der Waals surface area (Å²) in [6.45, 7) is 7.86. The van der Waals surface area contributed by atoms with Gasteiger partial charge in [-0.2, -0.15) is 11.8 Å². The van der Waals surface area contributed by atoms with E-state index in [9.17, 15) is 5.11 Å². The van der Waals surface area contributed by atoms with Crippen LogP contribution in [0.2, 0.25) is 0 Å². The minimum Gasteiger partial charge on any atom is -0.389 e. The van der Waals surface area contributed by atoms with Crippen molar-refractivity contribution in [3.05, 3.63) is 0 Å². The molecule has 0 bridgehead atoms. The van der Waals surface area contributed by atoms with Gasteiger partial charge < -0.3 is 10.8 Å². The molecule has 0 amide bonds. The second kappa shape index (κ2) is 4.49. The molecular weight excluding hydrogens is 170 g/mol. The molecule has 0 saturated heterocycles. The van der Waals surface area contributed by atoms with Crippen LogP contribution in [0.4, 0.5) is 0 Å². The van der Waals surface area contributed by atoms with Gasteiger partial charge in [-0.3, -0.25) is 0 Å². The first-order valence-corrected chi connectivity index (χ1v) is 5.51. The molecule has 0 spiro atoms. The maximum Gasteiger partial charge on any atom is 0.0707 e. The van der Waals surface area contributed by atoms with Crippen molar-refractivity contribution < 1.29 is 5.11 Å². The second-order valence-electron chi connectivity index (χ2n) is 4.33. The molecule has 12 heavy (non-hydrogen) atoms. The molecule has 74 valence electrons. The first-order valence-electron chi connectivity index (χ1n) is 4.36. The fourth-order valence-electron chi connectivity index (χ4n) is 0.636. The molecule has 0 aromatic rings. The Hall–Kier alpha value is 0.270. The molecule has 1 atom stereocenters. The smallest absolute Gasteiger partial charge is 0.0707 e. The number of aliphatic hydroxyl groups is 1. The lowest BCUT2D eigenvalue weighted by Crippen LogP contribution is -2.36. The van der Waals surface area contributed by atoms with Crippen molar-refractivity contribution >= 4 is 11.8 Å². The summed E-state index contributed by atoms with van der Waals surface area (Å²) in [5, 5.41) is 9.66. The van der Waals surface area contributed by atoms with Crippen molar-refractivity contribution in [3.8, 4) is 0 Å². The molecule has 0 heterocycles. The highest BCUT2D eigenvalue weighted by molar-refractivity contribution is 7.99. The van der Waals surface area contributed by atoms with Gasteiger partial charge in [-0.1, -0.05) is 6.92 Å². The number of hydrogen-bond acceptors (Lipinski definition) is 3. The van der Waals surface area contributed by atoms with E-state index < -0.39 is 5.60 Å². The summed E-state index contributed by atoms with van der Waals surface area (Å²) < 4.78 is 0. The lowest BCUT2D eigenvalue weighted by atomic mass is 10.1. The van der Waals surface area contributed by atoms with Crippen LogP contribution in [0.15, 0.2) is 0 Å². The second-order valence-corrected chi connectivity index (χ2v) is 5.32. The highest BCUT2D eigenvalue weighted by Gasteiger charge is 2.19. The Morgan fingerprint density at radius 1 is 1.25 bits per heavy atom. The Morgan fingerprint density at radius 3 is 2.08 bits per heavy atom. The minimum atomic E-state index is -0.532. The quantitative estimate of drug-likeness (QED) is 0.694. The van der Waals surface area contributed by atoms with Crippen LogP contribution in [0.5, 0.6) is 0 Å². The van der Waals surface area contributed by atoms with E-state index in [1.165, 1.54) is 0 Å². The van der Waals surface area contributed by atoms with Gasteiger partial charge >= 0.3 is 0 Å². The van der Waals surface area contributed by atoms with Crippen LogP contribution in [0.25, 0.3) is 0 Å². The fourth-order valence-corrected chi connectivity index (χ4v) is 1.91. The Labute approximate surface area is 79.9 Å². The molecule has 0 aliphatic heterocycles. The predicted octanol–water partition coefficient (Wildman–Crippen LogP) is 1.62. The average molecular weight is 191 g/mol. The summed E-state index contributed by atoms with van der Waals surface area (Å²) >= 11 is 1.72. The van der Waals surface area contributed by atoms with Crippen LogP contribution < -0.4 is 5.73 Å². The van der Waals surface area contributed by atoms with E-state index in [2.05, 4.69) is 0 Å². The maximum absolute atomic E-state index is 9.66. The van der Waals surface area contributed by atoms with Gasteiger partial charge in [0.25, 0.3) is 0 Å². The maximum atomic E-state index is 9.66. The van der Waals surface area contributed by atoms with Gasteiger partial charge in [-0.25, -0.2) is 0 Å². The van der Waals surface area contributed by atoms with Crippen LogP contribution in [-0.2, 0) is 0 Å². The first-order chi connectivity index (χ1) is 5.27. The summed E-state index contributed by atoms with van der Waals surface area (Å²) in [6.07, 6.45) is 0.797. The van der Waals surface area contributed by atoms with Gasteiger partial charge in [0.15, 0.2) is 0 Å². The summed E-state index contributed by atoms with van der Waals surface area (Å²) in [6, 6.07) is 0. The van der Waals surface area contributed by atoms with Crippen molar-refractivity contribution in [1.29, 1.82) is 0 Å². The summed E-state index contributed by atoms with van der Waals surface area (Å²) in [5.41, 5.74) is 5.14. The van der Waals surface area contributed by atoms with E-state index in [1.54, 1.807) is 11.8 Å². The third-order valence-electron chi connectivity index (χ3n) is 1.65. The molecule has 1 unspecified atom stereocenters. The summed E-state index contributed by atoms with van der Waals surface area (Å²) in [5.74, 6) is 1.66. The van der Waals surface area contributed by atoms with Gasteiger partial charge in [0.1, 0.15) is 0 Å². The Balaban J connectivity index is 3.57. The molecule has 0 aromatic heterocycles. The molecule has 0 rings (SSSR count). The van der Waals surface area contributed by atoms with E-state index in [0.29, 0.717) is 0 Å². The molecule has 0 saturated carbocycles. The molecule has 2 nitrogen and oxygen atoms in total. The summed E-state index contributed by atoms with van der Waals surface area (Å²) in [7, 11) is 0. The third kappa shape index (κ3) is 6.95. The number of nitrogens with two attached hydrogens (primary N) is 1. The Kier molecular flexibility index (Phi) is 4.59. The SMILES string of the molecule is CCC(C)(O)CSCC(C)(C)N. The van der Waals surface area contributed by atoms with E-state index in [-0.39, 0.29) is 5.54 Å². The molecule has 0 aromatic carbocycles. The third-order valence-corrected chi connectivity index (χ3v) is 3.42. The van der Waals surface area contributed by atoms with E-state index in [1.807, 2.05) is 27.7 Å². The monoisotopic (exact) mass is 191 g/mol. The van der Waals surface area contributed by atoms with Gasteiger partial charge in [-0.05, 0) is 27.2 Å². The number of hydrogen-bond donors (Lipinski definition) is 2. The highest BCUT2D eigenvalue weighted by Crippen LogP contribution is 2.18. The highest BCUT2D eigenvalue weighted by atomic mass is 32.2. The van der Waals surface area contributed by atoms with Crippen LogP contribution >= 0.6 is 11.8 Å². The fraction of sp³-hybridized carbons (Fsp3) is 1.00. The van der Waals surface area contributed by atoms with Gasteiger partial charge in [0.2, 0.25) is 0 Å². The van der Waals surface area contributed by atoms with Crippen LogP contribution in [0.1, 0.15) is 34.1 Å². The average Bonchev–Trinajstić information content (AvgIpc) is 1.84. The minimum absolute atomic E-state index is 0.130. The van der Waals surface area contributed by atoms with Crippen molar-refractivity contribution in [2.45, 2.75) is 45.3 Å². The molecular formula is C9H21NOS. The molecule has 3 heteroatoms. The molecule has 0 aliphatic rings. The van der Waals surface area contributed by atoms with Gasteiger partial charge in [-0.15, -0.1) is 0 Å². The van der Waals surface area contributed by atoms with Crippen LogP contribution in [-0.4, -0.2) is 27.8 Å². The van der Waals surface area contributed by atoms with E-state index in [0.717, 1.165) is 17.9 Å². The molecule has 0 aliphatic carbocycles. The van der Waals surface area contributed by atoms with Crippen LogP contribution in [0, 0.1) is 0 Å². The summed E-state index contributed by atoms with van der Waals surface area (Å²) in [4.78, 5) is 0. The van der Waals surface area contributed by atoms with Crippen molar-refractivity contribution in [2.24, 2.45) is 5.73 Å². The molecule has 0 fully saturated rings. The number of thioether (sulfide) groups is 1. The van der Waals surface area contributed by atoms with E-state index in [4.69, 9.17) is 5.73 Å². The Morgan fingerprint density at radius 2 is 1.75 bits per heavy atom. The van der Waals surface area contributed by atoms with E-state index >= 15 is 0 Å². The van der Waals surface area contributed by atoms with Gasteiger partial charge in [0, 0.05) is 17.0 Å². The Bertz CT molecular complexity index is 129. The lowest BCUT2D eigenvalue weighted by Gasteiger charge is -2.23. The van der Waals surface area contributed by atoms with Crippen molar-refractivity contribution in [1.82, 2.24) is 0 Å². The number of rotatable bonds is 5. The largest absolute Gasteiger partial charge is 0.389 e. The normalized spacial score (nSPS) is 17.5. The predicted molar refractivity (Wildman–Crippen MR) is 56.5 cm³/mol. The van der Waals surface area contributed by atoms with Crippen LogP contribution in [0.3, 0.4) is 0 Å². The van der Waals surface area contributed by atoms with Gasteiger partial charge in [0.05, 0.1) is 5.60 Å². The zero-order chi connectivity index (χ0) is 9.83. The topological polar surface area (TPSA) is 46.2 Å².